The number of amides is 1. The lowest BCUT2D eigenvalue weighted by molar-refractivity contribution is 0.0754. The van der Waals surface area contributed by atoms with Crippen LogP contribution in [0.4, 0.5) is 10.5 Å². The van der Waals surface area contributed by atoms with Gasteiger partial charge in [0.1, 0.15) is 6.61 Å². The number of ether oxygens (including phenoxy) is 1. The summed E-state index contributed by atoms with van der Waals surface area (Å²) < 4.78 is 5.94. The highest BCUT2D eigenvalue weighted by Crippen LogP contribution is 2.37. The number of nitrogens with zero attached hydrogens (tertiary/aromatic N) is 3. The van der Waals surface area contributed by atoms with Gasteiger partial charge in [0.25, 0.3) is 0 Å². The average molecular weight is 577 g/mol. The minimum absolute atomic E-state index is 0.0842. The molecule has 0 spiro atoms. The van der Waals surface area contributed by atoms with Gasteiger partial charge >= 0.3 is 6.09 Å². The number of aryl methyl sites for hydroxylation is 1. The van der Waals surface area contributed by atoms with Crippen LogP contribution in [-0.2, 0) is 17.8 Å². The van der Waals surface area contributed by atoms with Crippen LogP contribution in [0.2, 0.25) is 0 Å². The normalized spacial score (nSPS) is 17.2. The average Bonchev–Trinajstić information content (AvgIpc) is 3.03. The number of benzene rings is 2. The monoisotopic (exact) mass is 576 g/mol. The van der Waals surface area contributed by atoms with Gasteiger partial charge in [0.05, 0.1) is 6.04 Å². The molecule has 2 aromatic rings. The van der Waals surface area contributed by atoms with Gasteiger partial charge in [0.15, 0.2) is 0 Å². The van der Waals surface area contributed by atoms with Crippen LogP contribution in [0.3, 0.4) is 0 Å². The number of piperazine rings is 1. The van der Waals surface area contributed by atoms with Crippen LogP contribution in [0.1, 0.15) is 107 Å². The van der Waals surface area contributed by atoms with Crippen molar-refractivity contribution in [3.63, 3.8) is 0 Å². The summed E-state index contributed by atoms with van der Waals surface area (Å²) in [6, 6.07) is 17.2. The molecule has 1 aliphatic heterocycles. The molecular weight excluding hydrogens is 520 g/mol. The number of unbranched alkanes of at least 4 members (excludes halogenated alkanes) is 8. The molecule has 0 radical (unpaired) electrons. The molecule has 1 unspecified atom stereocenters. The summed E-state index contributed by atoms with van der Waals surface area (Å²) in [6.07, 6.45) is 15.3. The fraction of sp³-hybridized carbons (Fsp3) is 0.639. The Kier molecular flexibility index (Phi) is 14.0. The topological polar surface area (TPSA) is 62.0 Å². The lowest BCUT2D eigenvalue weighted by Gasteiger charge is -2.38. The quantitative estimate of drug-likeness (QED) is 0.196. The molecular formula is C36H56N4O2. The van der Waals surface area contributed by atoms with E-state index >= 15 is 0 Å². The van der Waals surface area contributed by atoms with Gasteiger partial charge in [-0.1, -0.05) is 88.3 Å². The third-order valence-corrected chi connectivity index (χ3v) is 9.11. The van der Waals surface area contributed by atoms with E-state index in [9.17, 15) is 4.79 Å². The first kappa shape index (κ1) is 32.3. The second-order valence-electron chi connectivity index (χ2n) is 12.3. The lowest BCUT2D eigenvalue weighted by Crippen LogP contribution is -2.46. The third kappa shape index (κ3) is 10.0. The first-order chi connectivity index (χ1) is 20.7. The summed E-state index contributed by atoms with van der Waals surface area (Å²) in [5, 5.41) is 0. The zero-order chi connectivity index (χ0) is 29.4. The Hall–Kier alpha value is -2.57. The van der Waals surface area contributed by atoms with Gasteiger partial charge in [-0.15, -0.1) is 0 Å². The Balaban J connectivity index is 1.39. The smallest absolute Gasteiger partial charge is 0.410 e. The van der Waals surface area contributed by atoms with Gasteiger partial charge in [0.2, 0.25) is 0 Å². The maximum absolute atomic E-state index is 13.7. The second-order valence-corrected chi connectivity index (χ2v) is 12.3. The van der Waals surface area contributed by atoms with Crippen LogP contribution in [-0.4, -0.2) is 61.7 Å². The molecule has 0 aromatic heterocycles. The largest absolute Gasteiger partial charge is 0.445 e. The molecule has 1 heterocycles. The maximum Gasteiger partial charge on any atom is 0.410 e. The van der Waals surface area contributed by atoms with Crippen LogP contribution >= 0.6 is 0 Å². The number of hydrogen-bond acceptors (Lipinski definition) is 5. The van der Waals surface area contributed by atoms with E-state index in [4.69, 9.17) is 10.5 Å². The van der Waals surface area contributed by atoms with Crippen molar-refractivity contribution in [2.45, 2.75) is 103 Å². The standard InChI is InChI=1S/C36H56N4O2/c1-2-23-38-25-27-39(28-26-38)33-21-20-32-18-15-19-35(34(32)29-33)40(36(41)42-30-31-16-11-10-12-17-31)24-14-9-7-5-3-4-6-8-13-22-37/h10-12,16-17,20-21,29,35H,2-9,13-15,18-19,22-28,30,37H2,1H3. The molecule has 232 valence electrons. The molecule has 2 aromatic carbocycles. The van der Waals surface area contributed by atoms with Crippen molar-refractivity contribution < 1.29 is 9.53 Å². The van der Waals surface area contributed by atoms with Crippen LogP contribution < -0.4 is 10.6 Å². The number of rotatable bonds is 17. The first-order valence-corrected chi connectivity index (χ1v) is 17.0. The molecule has 0 saturated carbocycles. The Morgan fingerprint density at radius 3 is 2.29 bits per heavy atom. The first-order valence-electron chi connectivity index (χ1n) is 17.0. The molecule has 2 aliphatic rings. The van der Waals surface area contributed by atoms with Crippen molar-refractivity contribution in [2.75, 3.05) is 50.7 Å². The van der Waals surface area contributed by atoms with Gasteiger partial charge in [-0.3, -0.25) is 4.90 Å². The molecule has 6 heteroatoms. The van der Waals surface area contributed by atoms with Gasteiger partial charge in [0, 0.05) is 38.4 Å². The molecule has 0 bridgehead atoms. The predicted molar refractivity (Wildman–Crippen MR) is 175 cm³/mol. The van der Waals surface area contributed by atoms with Crippen molar-refractivity contribution in [2.24, 2.45) is 5.73 Å². The van der Waals surface area contributed by atoms with E-state index in [1.54, 1.807) is 0 Å². The summed E-state index contributed by atoms with van der Waals surface area (Å²) in [5.41, 5.74) is 10.7. The van der Waals surface area contributed by atoms with Gasteiger partial charge in [-0.25, -0.2) is 4.79 Å². The van der Waals surface area contributed by atoms with E-state index in [2.05, 4.69) is 39.8 Å². The molecule has 1 atom stereocenters. The summed E-state index contributed by atoms with van der Waals surface area (Å²) in [5.74, 6) is 0. The van der Waals surface area contributed by atoms with E-state index in [1.165, 1.54) is 68.3 Å². The Morgan fingerprint density at radius 2 is 1.60 bits per heavy atom. The van der Waals surface area contributed by atoms with Crippen molar-refractivity contribution in [1.29, 1.82) is 0 Å². The number of carbonyl (C=O) groups excluding carboxylic acids is 1. The summed E-state index contributed by atoms with van der Waals surface area (Å²) in [7, 11) is 0. The molecule has 6 nitrogen and oxygen atoms in total. The van der Waals surface area contributed by atoms with Crippen LogP contribution in [0.25, 0.3) is 0 Å². The Labute approximate surface area is 255 Å². The van der Waals surface area contributed by atoms with Crippen molar-refractivity contribution >= 4 is 11.8 Å². The van der Waals surface area contributed by atoms with E-state index in [-0.39, 0.29) is 12.1 Å². The third-order valence-electron chi connectivity index (χ3n) is 9.11. The number of anilines is 1. The van der Waals surface area contributed by atoms with Gasteiger partial charge in [-0.05, 0) is 80.4 Å². The van der Waals surface area contributed by atoms with Crippen LogP contribution in [0.15, 0.2) is 48.5 Å². The zero-order valence-electron chi connectivity index (χ0n) is 26.3. The van der Waals surface area contributed by atoms with Crippen LogP contribution in [0, 0.1) is 0 Å². The minimum Gasteiger partial charge on any atom is -0.445 e. The van der Waals surface area contributed by atoms with E-state index in [0.29, 0.717) is 6.61 Å². The minimum atomic E-state index is -0.171. The van der Waals surface area contributed by atoms with Gasteiger partial charge < -0.3 is 20.3 Å². The Morgan fingerprint density at radius 1 is 0.905 bits per heavy atom. The van der Waals surface area contributed by atoms with Crippen LogP contribution in [0.5, 0.6) is 0 Å². The molecule has 1 amide bonds. The van der Waals surface area contributed by atoms with Crippen molar-refractivity contribution in [3.05, 3.63) is 65.2 Å². The van der Waals surface area contributed by atoms with Crippen molar-refractivity contribution in [3.8, 4) is 0 Å². The zero-order valence-corrected chi connectivity index (χ0v) is 26.3. The number of carbonyl (C=O) groups is 1. The second kappa shape index (κ2) is 18.2. The maximum atomic E-state index is 13.7. The molecule has 1 aliphatic carbocycles. The molecule has 42 heavy (non-hydrogen) atoms. The molecule has 2 N–H and O–H groups in total. The van der Waals surface area contributed by atoms with E-state index in [1.807, 2.05) is 30.3 Å². The fourth-order valence-corrected chi connectivity index (χ4v) is 6.67. The predicted octanol–water partition coefficient (Wildman–Crippen LogP) is 7.70. The highest BCUT2D eigenvalue weighted by molar-refractivity contribution is 5.69. The summed E-state index contributed by atoms with van der Waals surface area (Å²) >= 11 is 0. The highest BCUT2D eigenvalue weighted by atomic mass is 16.6. The van der Waals surface area contributed by atoms with E-state index in [0.717, 1.165) is 83.4 Å². The SMILES string of the molecule is CCCN1CCN(c2ccc3c(c2)C(N(CCCCCCCCCCCN)C(=O)OCc2ccccc2)CCC3)CC1. The van der Waals surface area contributed by atoms with Gasteiger partial charge in [-0.2, -0.15) is 0 Å². The number of hydrogen-bond donors (Lipinski definition) is 1. The fourth-order valence-electron chi connectivity index (χ4n) is 6.67. The lowest BCUT2D eigenvalue weighted by atomic mass is 9.86. The number of nitrogens with two attached hydrogens (primary N) is 1. The molecule has 1 fully saturated rings. The molecule has 4 rings (SSSR count). The number of fused-ring (bicyclic) bond motifs is 1. The Bertz CT molecular complexity index is 1040. The summed E-state index contributed by atoms with van der Waals surface area (Å²) in [6.45, 7) is 9.73. The van der Waals surface area contributed by atoms with Crippen molar-refractivity contribution in [1.82, 2.24) is 9.80 Å². The highest BCUT2D eigenvalue weighted by Gasteiger charge is 2.31. The van der Waals surface area contributed by atoms with E-state index < -0.39 is 0 Å². The summed E-state index contributed by atoms with van der Waals surface area (Å²) in [4.78, 5) is 20.9. The molecule has 1 saturated heterocycles.